The third-order valence-corrected chi connectivity index (χ3v) is 5.60. The van der Waals surface area contributed by atoms with Crippen LogP contribution in [0.25, 0.3) is 0 Å². The zero-order chi connectivity index (χ0) is 20.4. The Morgan fingerprint density at radius 3 is 2.28 bits per heavy atom. The molecule has 9 heteroatoms. The summed E-state index contributed by atoms with van der Waals surface area (Å²) in [4.78, 5) is 52.5. The molecular formula is C20H25N5O4. The first-order valence-corrected chi connectivity index (χ1v) is 10.0. The number of rotatable bonds is 3. The number of imide groups is 2. The lowest BCUT2D eigenvalue weighted by Gasteiger charge is -2.27. The fourth-order valence-corrected chi connectivity index (χ4v) is 4.05. The predicted molar refractivity (Wildman–Crippen MR) is 104 cm³/mol. The molecule has 2 fully saturated rings. The number of carbonyl (C=O) groups is 4. The maximum atomic E-state index is 12.9. The van der Waals surface area contributed by atoms with E-state index in [9.17, 15) is 19.2 Å². The molecule has 9 nitrogen and oxygen atoms in total. The Balaban J connectivity index is 1.50. The van der Waals surface area contributed by atoms with Gasteiger partial charge in [-0.1, -0.05) is 6.07 Å². The summed E-state index contributed by atoms with van der Waals surface area (Å²) in [6.45, 7) is 6.15. The van der Waals surface area contributed by atoms with E-state index in [1.165, 1.54) is 0 Å². The van der Waals surface area contributed by atoms with Gasteiger partial charge in [-0.25, -0.2) is 0 Å². The minimum Gasteiger partial charge on any atom is -0.314 e. The van der Waals surface area contributed by atoms with Crippen molar-refractivity contribution >= 4 is 23.6 Å². The van der Waals surface area contributed by atoms with Crippen molar-refractivity contribution < 1.29 is 19.2 Å². The van der Waals surface area contributed by atoms with Crippen LogP contribution >= 0.6 is 0 Å². The Morgan fingerprint density at radius 1 is 0.897 bits per heavy atom. The summed E-state index contributed by atoms with van der Waals surface area (Å²) in [7, 11) is 0. The molecule has 0 radical (unpaired) electrons. The van der Waals surface area contributed by atoms with Crippen LogP contribution in [0, 0.1) is 0 Å². The van der Waals surface area contributed by atoms with Crippen molar-refractivity contribution in [3.05, 3.63) is 34.9 Å². The van der Waals surface area contributed by atoms with Crippen molar-refractivity contribution in [1.29, 1.82) is 0 Å². The molecule has 0 saturated carbocycles. The number of carbonyl (C=O) groups excluding carboxylic acids is 4. The summed E-state index contributed by atoms with van der Waals surface area (Å²) in [6.07, 6.45) is 0.281. The molecule has 2 saturated heterocycles. The summed E-state index contributed by atoms with van der Waals surface area (Å²) in [6, 6.07) is 4.36. The number of hydrogen-bond donors (Lipinski definition) is 3. The number of fused-ring (bicyclic) bond motifs is 1. The van der Waals surface area contributed by atoms with Gasteiger partial charge in [-0.05, 0) is 24.1 Å². The lowest BCUT2D eigenvalue weighted by molar-refractivity contribution is -0.136. The van der Waals surface area contributed by atoms with Crippen LogP contribution in [-0.2, 0) is 16.1 Å². The highest BCUT2D eigenvalue weighted by Crippen LogP contribution is 2.28. The van der Waals surface area contributed by atoms with Crippen molar-refractivity contribution in [2.45, 2.75) is 25.4 Å². The molecule has 1 aromatic carbocycles. The maximum Gasteiger partial charge on any atom is 0.262 e. The molecule has 0 bridgehead atoms. The molecule has 29 heavy (non-hydrogen) atoms. The third kappa shape index (κ3) is 4.07. The molecule has 3 aliphatic heterocycles. The first-order chi connectivity index (χ1) is 14.0. The van der Waals surface area contributed by atoms with E-state index in [4.69, 9.17) is 0 Å². The normalized spacial score (nSPS) is 24.0. The van der Waals surface area contributed by atoms with E-state index in [-0.39, 0.29) is 18.7 Å². The molecule has 3 N–H and O–H groups in total. The lowest BCUT2D eigenvalue weighted by Crippen LogP contribution is -2.54. The van der Waals surface area contributed by atoms with Crippen LogP contribution in [0.2, 0.25) is 0 Å². The van der Waals surface area contributed by atoms with Crippen LogP contribution in [0.15, 0.2) is 18.2 Å². The van der Waals surface area contributed by atoms with Crippen molar-refractivity contribution in [3.63, 3.8) is 0 Å². The standard InChI is InChI=1S/C20H25N5O4/c26-17-4-3-16(18(27)23-17)25-19(28)14-2-1-13(11-15(14)20(25)29)12-24-9-7-21-5-6-22-8-10-24/h1-2,11,16,21-22H,3-10,12H2,(H,23,26,27). The van der Waals surface area contributed by atoms with E-state index < -0.39 is 23.8 Å². The number of piperidine rings is 1. The predicted octanol–water partition coefficient (Wildman–Crippen LogP) is -0.917. The van der Waals surface area contributed by atoms with Gasteiger partial charge >= 0.3 is 0 Å². The zero-order valence-corrected chi connectivity index (χ0v) is 16.2. The number of amides is 4. The largest absolute Gasteiger partial charge is 0.314 e. The Hall–Kier alpha value is -2.62. The minimum atomic E-state index is -0.932. The van der Waals surface area contributed by atoms with Crippen LogP contribution in [-0.4, -0.2) is 78.7 Å². The van der Waals surface area contributed by atoms with Crippen molar-refractivity contribution in [2.75, 3.05) is 39.3 Å². The first-order valence-electron chi connectivity index (χ1n) is 10.0. The summed E-state index contributed by atoms with van der Waals surface area (Å²) in [5, 5.41) is 8.96. The molecule has 0 aliphatic carbocycles. The van der Waals surface area contributed by atoms with Crippen LogP contribution < -0.4 is 16.0 Å². The number of nitrogens with one attached hydrogen (secondary N) is 3. The maximum absolute atomic E-state index is 12.9. The summed E-state index contributed by atoms with van der Waals surface area (Å²) in [5.74, 6) is -1.90. The molecule has 3 aliphatic rings. The van der Waals surface area contributed by atoms with Gasteiger partial charge in [0.15, 0.2) is 0 Å². The monoisotopic (exact) mass is 399 g/mol. The van der Waals surface area contributed by atoms with Gasteiger partial charge in [-0.3, -0.25) is 34.3 Å². The third-order valence-electron chi connectivity index (χ3n) is 5.60. The van der Waals surface area contributed by atoms with Crippen molar-refractivity contribution in [3.8, 4) is 0 Å². The molecule has 0 aromatic heterocycles. The van der Waals surface area contributed by atoms with Gasteiger partial charge in [0.2, 0.25) is 11.8 Å². The highest BCUT2D eigenvalue weighted by atomic mass is 16.2. The Bertz CT molecular complexity index is 845. The van der Waals surface area contributed by atoms with Gasteiger partial charge in [0.1, 0.15) is 6.04 Å². The Kier molecular flexibility index (Phi) is 5.70. The minimum absolute atomic E-state index is 0.117. The van der Waals surface area contributed by atoms with Crippen LogP contribution in [0.3, 0.4) is 0 Å². The van der Waals surface area contributed by atoms with Crippen molar-refractivity contribution in [1.82, 2.24) is 25.8 Å². The fourth-order valence-electron chi connectivity index (χ4n) is 4.05. The van der Waals surface area contributed by atoms with Gasteiger partial charge in [0.25, 0.3) is 11.8 Å². The van der Waals surface area contributed by atoms with Gasteiger partial charge in [0.05, 0.1) is 11.1 Å². The lowest BCUT2D eigenvalue weighted by atomic mass is 10.0. The molecule has 1 atom stereocenters. The second-order valence-electron chi connectivity index (χ2n) is 7.60. The molecule has 1 aromatic rings. The van der Waals surface area contributed by atoms with E-state index in [1.54, 1.807) is 12.1 Å². The Morgan fingerprint density at radius 2 is 1.59 bits per heavy atom. The second kappa shape index (κ2) is 8.40. The molecule has 4 rings (SSSR count). The van der Waals surface area contributed by atoms with E-state index in [2.05, 4.69) is 20.9 Å². The topological polar surface area (TPSA) is 111 Å². The molecule has 3 heterocycles. The molecule has 154 valence electrons. The van der Waals surface area contributed by atoms with Gasteiger partial charge in [-0.2, -0.15) is 0 Å². The zero-order valence-electron chi connectivity index (χ0n) is 16.2. The highest BCUT2D eigenvalue weighted by Gasteiger charge is 2.44. The number of nitrogens with zero attached hydrogens (tertiary/aromatic N) is 2. The molecule has 1 unspecified atom stereocenters. The van der Waals surface area contributed by atoms with Gasteiger partial charge < -0.3 is 10.6 Å². The second-order valence-corrected chi connectivity index (χ2v) is 7.60. The first kappa shape index (κ1) is 19.7. The summed E-state index contributed by atoms with van der Waals surface area (Å²) >= 11 is 0. The van der Waals surface area contributed by atoms with E-state index in [0.29, 0.717) is 17.7 Å². The van der Waals surface area contributed by atoms with E-state index in [0.717, 1.165) is 49.7 Å². The summed E-state index contributed by atoms with van der Waals surface area (Å²) in [5.41, 5.74) is 1.60. The molecule has 0 spiro atoms. The fraction of sp³-hybridized carbons (Fsp3) is 0.500. The van der Waals surface area contributed by atoms with Crippen LogP contribution in [0.1, 0.15) is 39.1 Å². The Labute approximate surface area is 168 Å². The van der Waals surface area contributed by atoms with E-state index >= 15 is 0 Å². The quantitative estimate of drug-likeness (QED) is 0.564. The average Bonchev–Trinajstić information content (AvgIpc) is 3.01. The van der Waals surface area contributed by atoms with Gasteiger partial charge in [0, 0.05) is 52.2 Å². The van der Waals surface area contributed by atoms with Crippen molar-refractivity contribution in [2.24, 2.45) is 0 Å². The van der Waals surface area contributed by atoms with Gasteiger partial charge in [-0.15, -0.1) is 0 Å². The smallest absolute Gasteiger partial charge is 0.262 e. The summed E-state index contributed by atoms with van der Waals surface area (Å²) < 4.78 is 0. The highest BCUT2D eigenvalue weighted by molar-refractivity contribution is 6.23. The van der Waals surface area contributed by atoms with Crippen LogP contribution in [0.5, 0.6) is 0 Å². The average molecular weight is 399 g/mol. The molecular weight excluding hydrogens is 374 g/mol. The van der Waals surface area contributed by atoms with E-state index in [1.807, 2.05) is 6.07 Å². The molecule has 4 amide bonds. The van der Waals surface area contributed by atoms with Crippen LogP contribution in [0.4, 0.5) is 0 Å². The number of hydrogen-bond acceptors (Lipinski definition) is 7. The number of benzene rings is 1. The SMILES string of the molecule is O=C1CCC(N2C(=O)c3ccc(CN4CCNCCNCC4)cc3C2=O)C(=O)N1.